The van der Waals surface area contributed by atoms with Crippen molar-refractivity contribution in [2.45, 2.75) is 13.2 Å². The average Bonchev–Trinajstić information content (AvgIpc) is 3.40. The highest BCUT2D eigenvalue weighted by atomic mass is 79.9. The highest BCUT2D eigenvalue weighted by Gasteiger charge is 2.13. The van der Waals surface area contributed by atoms with Crippen molar-refractivity contribution in [2.24, 2.45) is 0 Å². The maximum absolute atomic E-state index is 13.7. The van der Waals surface area contributed by atoms with Crippen LogP contribution in [-0.4, -0.2) is 40.2 Å². The molecule has 0 radical (unpaired) electrons. The lowest BCUT2D eigenvalue weighted by atomic mass is 10.2. The van der Waals surface area contributed by atoms with Gasteiger partial charge in [0.15, 0.2) is 5.69 Å². The minimum atomic E-state index is -0.441. The lowest BCUT2D eigenvalue weighted by molar-refractivity contribution is 0.102. The number of hydrogen-bond acceptors (Lipinski definition) is 5. The van der Waals surface area contributed by atoms with Crippen LogP contribution in [0.25, 0.3) is 0 Å². The van der Waals surface area contributed by atoms with Gasteiger partial charge >= 0.3 is 0 Å². The zero-order chi connectivity index (χ0) is 19.5. The van der Waals surface area contributed by atoms with Crippen molar-refractivity contribution in [1.29, 1.82) is 0 Å². The number of carbonyl (C=O) groups is 1. The van der Waals surface area contributed by atoms with Crippen molar-refractivity contribution in [1.82, 2.24) is 34.3 Å². The van der Waals surface area contributed by atoms with Gasteiger partial charge in [-0.3, -0.25) is 14.8 Å². The Bertz CT molecular complexity index is 1120. The molecule has 1 N–H and O–H groups in total. The fourth-order valence-electron chi connectivity index (χ4n) is 2.52. The highest BCUT2D eigenvalue weighted by Crippen LogP contribution is 2.10. The third-order valence-electron chi connectivity index (χ3n) is 3.82. The topological polar surface area (TPSA) is 95.5 Å². The van der Waals surface area contributed by atoms with Crippen molar-refractivity contribution < 1.29 is 9.18 Å². The van der Waals surface area contributed by atoms with Crippen LogP contribution in [0.15, 0.2) is 59.7 Å². The van der Waals surface area contributed by atoms with E-state index in [2.05, 4.69) is 41.5 Å². The van der Waals surface area contributed by atoms with E-state index in [-0.39, 0.29) is 24.0 Å². The molecule has 1 amide bonds. The number of amides is 1. The molecule has 0 atom stereocenters. The molecule has 0 spiro atoms. The molecule has 3 heterocycles. The minimum Gasteiger partial charge on any atom is -0.288 e. The van der Waals surface area contributed by atoms with Gasteiger partial charge in [0.05, 0.1) is 17.2 Å². The first-order valence-electron chi connectivity index (χ1n) is 8.22. The maximum Gasteiger partial charge on any atom is 0.278 e. The summed E-state index contributed by atoms with van der Waals surface area (Å²) in [5, 5.41) is 15.1. The molecule has 142 valence electrons. The van der Waals surface area contributed by atoms with Crippen molar-refractivity contribution >= 4 is 27.8 Å². The molecule has 4 rings (SSSR count). The summed E-state index contributed by atoms with van der Waals surface area (Å²) in [6, 6.07) is 8.00. The number of anilines is 1. The monoisotopic (exact) mass is 444 g/mol. The van der Waals surface area contributed by atoms with Crippen LogP contribution in [0.2, 0.25) is 0 Å². The fraction of sp³-hybridized carbons (Fsp3) is 0.118. The number of benzene rings is 1. The summed E-state index contributed by atoms with van der Waals surface area (Å²) in [5.74, 6) is -0.644. The first kappa shape index (κ1) is 18.0. The van der Waals surface area contributed by atoms with Crippen molar-refractivity contribution in [3.05, 3.63) is 76.8 Å². The van der Waals surface area contributed by atoms with Crippen LogP contribution in [0, 0.1) is 5.82 Å². The highest BCUT2D eigenvalue weighted by molar-refractivity contribution is 9.10. The van der Waals surface area contributed by atoms with Gasteiger partial charge < -0.3 is 0 Å². The predicted octanol–water partition coefficient (Wildman–Crippen LogP) is 2.38. The Labute approximate surface area is 166 Å². The lowest BCUT2D eigenvalue weighted by Gasteiger charge is -2.02. The standard InChI is InChI=1S/C17H14BrFN8O/c18-13-7-21-27(9-13)11-25-6-5-15(23-25)16(28)22-17-20-10-26(24-17)8-12-3-1-2-4-14(12)19/h1-7,9-10H,8,11H2,(H,22,24,28). The summed E-state index contributed by atoms with van der Waals surface area (Å²) in [7, 11) is 0. The van der Waals surface area contributed by atoms with Crippen LogP contribution in [0.3, 0.4) is 0 Å². The SMILES string of the molecule is O=C(Nc1ncn(Cc2ccccc2F)n1)c1ccn(Cn2cc(Br)cn2)n1. The number of hydrogen-bond donors (Lipinski definition) is 1. The summed E-state index contributed by atoms with van der Waals surface area (Å²) in [4.78, 5) is 16.4. The molecule has 0 fully saturated rings. The molecule has 4 aromatic rings. The number of aromatic nitrogens is 7. The summed E-state index contributed by atoms with van der Waals surface area (Å²) in [6.07, 6.45) is 6.57. The predicted molar refractivity (Wildman–Crippen MR) is 101 cm³/mol. The van der Waals surface area contributed by atoms with Gasteiger partial charge in [-0.1, -0.05) is 18.2 Å². The van der Waals surface area contributed by atoms with E-state index >= 15 is 0 Å². The summed E-state index contributed by atoms with van der Waals surface area (Å²) < 4.78 is 19.3. The third kappa shape index (κ3) is 4.14. The van der Waals surface area contributed by atoms with Crippen molar-refractivity contribution in [2.75, 3.05) is 5.32 Å². The average molecular weight is 445 g/mol. The maximum atomic E-state index is 13.7. The second-order valence-corrected chi connectivity index (χ2v) is 6.81. The first-order valence-corrected chi connectivity index (χ1v) is 9.02. The van der Waals surface area contributed by atoms with Crippen LogP contribution >= 0.6 is 15.9 Å². The van der Waals surface area contributed by atoms with Crippen LogP contribution in [0.5, 0.6) is 0 Å². The van der Waals surface area contributed by atoms with E-state index < -0.39 is 5.91 Å². The van der Waals surface area contributed by atoms with Gasteiger partial charge in [-0.15, -0.1) is 5.10 Å². The Hall–Kier alpha value is -3.34. The van der Waals surface area contributed by atoms with E-state index in [1.54, 1.807) is 52.2 Å². The molecule has 11 heteroatoms. The molecule has 9 nitrogen and oxygen atoms in total. The Kier molecular flexibility index (Phi) is 4.98. The molecular weight excluding hydrogens is 431 g/mol. The molecule has 0 aliphatic heterocycles. The zero-order valence-electron chi connectivity index (χ0n) is 14.4. The molecule has 1 aromatic carbocycles. The van der Waals surface area contributed by atoms with E-state index in [1.807, 2.05) is 0 Å². The number of rotatable bonds is 6. The van der Waals surface area contributed by atoms with Gasteiger partial charge in [-0.05, 0) is 28.1 Å². The number of nitrogens with zero attached hydrogens (tertiary/aromatic N) is 7. The Morgan fingerprint density at radius 2 is 2.00 bits per heavy atom. The molecule has 3 aromatic heterocycles. The summed E-state index contributed by atoms with van der Waals surface area (Å²) in [6.45, 7) is 0.581. The van der Waals surface area contributed by atoms with Gasteiger partial charge in [0.1, 0.15) is 18.8 Å². The second kappa shape index (κ2) is 7.72. The first-order chi connectivity index (χ1) is 13.6. The quantitative estimate of drug-likeness (QED) is 0.492. The Balaban J connectivity index is 1.39. The van der Waals surface area contributed by atoms with E-state index in [1.165, 1.54) is 17.1 Å². The molecule has 0 unspecified atom stereocenters. The molecule has 0 saturated heterocycles. The smallest absolute Gasteiger partial charge is 0.278 e. The Morgan fingerprint density at radius 1 is 1.14 bits per heavy atom. The summed E-state index contributed by atoms with van der Waals surface area (Å²) in [5.41, 5.74) is 0.700. The molecule has 0 aliphatic carbocycles. The van der Waals surface area contributed by atoms with Crippen LogP contribution in [-0.2, 0) is 13.2 Å². The number of carbonyl (C=O) groups excluding carboxylic acids is 1. The molecule has 0 aliphatic rings. The largest absolute Gasteiger partial charge is 0.288 e. The van der Waals surface area contributed by atoms with Crippen molar-refractivity contribution in [3.63, 3.8) is 0 Å². The number of nitrogens with one attached hydrogen (secondary N) is 1. The molecule has 28 heavy (non-hydrogen) atoms. The zero-order valence-corrected chi connectivity index (χ0v) is 16.0. The molecule has 0 bridgehead atoms. The molecular formula is C17H14BrFN8O. The van der Waals surface area contributed by atoms with Gasteiger partial charge in [0, 0.05) is 18.0 Å². The van der Waals surface area contributed by atoms with E-state index in [4.69, 9.17) is 0 Å². The van der Waals surface area contributed by atoms with Gasteiger partial charge in [-0.25, -0.2) is 18.7 Å². The van der Waals surface area contributed by atoms with E-state index in [9.17, 15) is 9.18 Å². The van der Waals surface area contributed by atoms with Gasteiger partial charge in [0.2, 0.25) is 5.95 Å². The third-order valence-corrected chi connectivity index (χ3v) is 4.23. The van der Waals surface area contributed by atoms with Crippen LogP contribution in [0.1, 0.15) is 16.1 Å². The van der Waals surface area contributed by atoms with Gasteiger partial charge in [0.25, 0.3) is 5.91 Å². The molecule has 0 saturated carbocycles. The second-order valence-electron chi connectivity index (χ2n) is 5.89. The van der Waals surface area contributed by atoms with Crippen LogP contribution < -0.4 is 5.32 Å². The van der Waals surface area contributed by atoms with Gasteiger partial charge in [-0.2, -0.15) is 10.2 Å². The normalized spacial score (nSPS) is 10.9. The lowest BCUT2D eigenvalue weighted by Crippen LogP contribution is -2.16. The fourth-order valence-corrected chi connectivity index (χ4v) is 2.85. The summed E-state index contributed by atoms with van der Waals surface area (Å²) >= 11 is 3.32. The van der Waals surface area contributed by atoms with Crippen LogP contribution in [0.4, 0.5) is 10.3 Å². The number of halogens is 2. The van der Waals surface area contributed by atoms with Crippen molar-refractivity contribution in [3.8, 4) is 0 Å². The minimum absolute atomic E-state index is 0.117. The van der Waals surface area contributed by atoms with E-state index in [0.29, 0.717) is 12.2 Å². The Morgan fingerprint density at radius 3 is 2.79 bits per heavy atom. The van der Waals surface area contributed by atoms with E-state index in [0.717, 1.165) is 4.47 Å².